The fraction of sp³-hybridized carbons (Fsp3) is 0.278. The lowest BCUT2D eigenvalue weighted by atomic mass is 9.92. The van der Waals surface area contributed by atoms with E-state index < -0.39 is 10.0 Å². The molecule has 25 heavy (non-hydrogen) atoms. The molecule has 0 aliphatic carbocycles. The highest BCUT2D eigenvalue weighted by molar-refractivity contribution is 7.90. The van der Waals surface area contributed by atoms with E-state index in [4.69, 9.17) is 11.6 Å². The van der Waals surface area contributed by atoms with Crippen LogP contribution in [-0.2, 0) is 10.0 Å². The molecular weight excluding hydrogens is 358 g/mol. The number of hydrogen-bond acceptors (Lipinski definition) is 4. The van der Waals surface area contributed by atoms with E-state index >= 15 is 0 Å². The number of rotatable bonds is 3. The van der Waals surface area contributed by atoms with E-state index in [0.29, 0.717) is 10.7 Å². The van der Waals surface area contributed by atoms with Gasteiger partial charge in [-0.3, -0.25) is 0 Å². The van der Waals surface area contributed by atoms with Crippen molar-refractivity contribution in [3.8, 4) is 0 Å². The average Bonchev–Trinajstić information content (AvgIpc) is 3.03. The topological polar surface area (TPSA) is 64.0 Å². The van der Waals surface area contributed by atoms with E-state index in [1.54, 1.807) is 30.6 Å². The molecule has 130 valence electrons. The summed E-state index contributed by atoms with van der Waals surface area (Å²) in [5.74, 6) is 0.288. The molecule has 1 atom stereocenters. The zero-order chi connectivity index (χ0) is 17.4. The minimum Gasteiger partial charge on any atom is -0.316 e. The molecule has 0 radical (unpaired) electrons. The Bertz CT molecular complexity index is 1020. The molecule has 1 aliphatic heterocycles. The average molecular weight is 376 g/mol. The smallest absolute Gasteiger partial charge is 0.269 e. The van der Waals surface area contributed by atoms with Crippen LogP contribution in [-0.4, -0.2) is 30.5 Å². The summed E-state index contributed by atoms with van der Waals surface area (Å²) in [5.41, 5.74) is 1.49. The monoisotopic (exact) mass is 375 g/mol. The van der Waals surface area contributed by atoms with Crippen molar-refractivity contribution in [3.63, 3.8) is 0 Å². The predicted molar refractivity (Wildman–Crippen MR) is 98.6 cm³/mol. The minimum atomic E-state index is -3.76. The fourth-order valence-electron chi connectivity index (χ4n) is 3.42. The van der Waals surface area contributed by atoms with Gasteiger partial charge in [0.2, 0.25) is 0 Å². The summed E-state index contributed by atoms with van der Waals surface area (Å²) in [4.78, 5) is 4.50. The van der Waals surface area contributed by atoms with Crippen molar-refractivity contribution in [1.82, 2.24) is 14.3 Å². The van der Waals surface area contributed by atoms with E-state index in [-0.39, 0.29) is 10.8 Å². The van der Waals surface area contributed by atoms with Gasteiger partial charge in [0.25, 0.3) is 10.0 Å². The molecule has 1 saturated heterocycles. The number of aromatic nitrogens is 2. The summed E-state index contributed by atoms with van der Waals surface area (Å²) in [6, 6.07) is 10.1. The van der Waals surface area contributed by atoms with Crippen LogP contribution < -0.4 is 5.32 Å². The van der Waals surface area contributed by atoms with Crippen molar-refractivity contribution in [2.24, 2.45) is 0 Å². The van der Waals surface area contributed by atoms with Crippen LogP contribution in [0.15, 0.2) is 53.7 Å². The van der Waals surface area contributed by atoms with Crippen molar-refractivity contribution in [2.75, 3.05) is 13.1 Å². The number of nitrogens with one attached hydrogen (secondary N) is 1. The summed E-state index contributed by atoms with van der Waals surface area (Å²) < 4.78 is 27.6. The van der Waals surface area contributed by atoms with Gasteiger partial charge in [-0.15, -0.1) is 0 Å². The first-order valence-corrected chi connectivity index (χ1v) is 10.1. The van der Waals surface area contributed by atoms with Crippen LogP contribution in [0.25, 0.3) is 11.0 Å². The second kappa shape index (κ2) is 6.44. The van der Waals surface area contributed by atoms with Crippen LogP contribution in [0.5, 0.6) is 0 Å². The third kappa shape index (κ3) is 2.94. The standard InChI is InChI=1S/C18H18ClN3O2S/c19-14-5-1-6-15(10-14)25(23,24)22-12-17(13-4-2-8-20-11-13)16-7-3-9-21-18(16)22/h1,3,5-7,9-10,12-13,20H,2,4,8,11H2. The first-order valence-electron chi connectivity index (χ1n) is 8.25. The summed E-state index contributed by atoms with van der Waals surface area (Å²) in [6.45, 7) is 1.86. The van der Waals surface area contributed by atoms with Gasteiger partial charge in [0.05, 0.1) is 4.90 Å². The molecule has 3 aromatic rings. The van der Waals surface area contributed by atoms with Gasteiger partial charge in [0.1, 0.15) is 0 Å². The van der Waals surface area contributed by atoms with Crippen molar-refractivity contribution < 1.29 is 8.42 Å². The van der Waals surface area contributed by atoms with Gasteiger partial charge in [0, 0.05) is 29.3 Å². The second-order valence-electron chi connectivity index (χ2n) is 6.26. The lowest BCUT2D eigenvalue weighted by molar-refractivity contribution is 0.463. The Hall–Kier alpha value is -1.89. The molecular formula is C18H18ClN3O2S. The van der Waals surface area contributed by atoms with Gasteiger partial charge in [-0.25, -0.2) is 17.4 Å². The first-order chi connectivity index (χ1) is 12.1. The minimum absolute atomic E-state index is 0.163. The number of benzene rings is 1. The number of pyridine rings is 1. The summed E-state index contributed by atoms with van der Waals surface area (Å²) in [6.07, 6.45) is 5.47. The quantitative estimate of drug-likeness (QED) is 0.762. The molecule has 0 spiro atoms. The molecule has 2 aromatic heterocycles. The van der Waals surface area contributed by atoms with Crippen LogP contribution in [0.2, 0.25) is 5.02 Å². The van der Waals surface area contributed by atoms with Gasteiger partial charge in [-0.2, -0.15) is 0 Å². The lowest BCUT2D eigenvalue weighted by Gasteiger charge is -2.22. The van der Waals surface area contributed by atoms with Crippen LogP contribution in [0.4, 0.5) is 0 Å². The molecule has 1 N–H and O–H groups in total. The number of halogens is 1. The molecule has 1 aliphatic rings. The summed E-state index contributed by atoms with van der Waals surface area (Å²) >= 11 is 5.99. The molecule has 1 aromatic carbocycles. The Morgan fingerprint density at radius 3 is 2.88 bits per heavy atom. The zero-order valence-corrected chi connectivity index (χ0v) is 15.1. The molecule has 0 amide bonds. The predicted octanol–water partition coefficient (Wildman–Crippen LogP) is 3.39. The largest absolute Gasteiger partial charge is 0.316 e. The zero-order valence-electron chi connectivity index (χ0n) is 13.5. The van der Waals surface area contributed by atoms with E-state index in [1.165, 1.54) is 10.0 Å². The van der Waals surface area contributed by atoms with Crippen LogP contribution in [0.1, 0.15) is 24.3 Å². The van der Waals surface area contributed by atoms with Crippen molar-refractivity contribution in [2.45, 2.75) is 23.7 Å². The molecule has 5 nitrogen and oxygen atoms in total. The summed E-state index contributed by atoms with van der Waals surface area (Å²) in [7, 11) is -3.76. The number of fused-ring (bicyclic) bond motifs is 1. The normalized spacial score (nSPS) is 18.5. The van der Waals surface area contributed by atoms with Crippen molar-refractivity contribution in [1.29, 1.82) is 0 Å². The van der Waals surface area contributed by atoms with Gasteiger partial charge < -0.3 is 5.32 Å². The maximum atomic E-state index is 13.1. The van der Waals surface area contributed by atoms with Crippen molar-refractivity contribution >= 4 is 32.7 Å². The Kier molecular flexibility index (Phi) is 4.27. The molecule has 1 unspecified atom stereocenters. The molecule has 3 heterocycles. The van der Waals surface area contributed by atoms with E-state index in [2.05, 4.69) is 10.3 Å². The molecule has 4 rings (SSSR count). The van der Waals surface area contributed by atoms with Gasteiger partial charge in [-0.1, -0.05) is 17.7 Å². The Morgan fingerprint density at radius 1 is 1.24 bits per heavy atom. The Balaban J connectivity index is 1.90. The summed E-state index contributed by atoms with van der Waals surface area (Å²) in [5, 5.41) is 4.67. The molecule has 7 heteroatoms. The highest BCUT2D eigenvalue weighted by Gasteiger charge is 2.26. The van der Waals surface area contributed by atoms with Crippen molar-refractivity contribution in [3.05, 3.63) is 59.4 Å². The van der Waals surface area contributed by atoms with E-state index in [0.717, 1.165) is 36.9 Å². The van der Waals surface area contributed by atoms with Gasteiger partial charge in [0.15, 0.2) is 5.65 Å². The van der Waals surface area contributed by atoms with E-state index in [1.807, 2.05) is 12.1 Å². The van der Waals surface area contributed by atoms with Crippen LogP contribution >= 0.6 is 11.6 Å². The second-order valence-corrected chi connectivity index (χ2v) is 8.51. The third-order valence-corrected chi connectivity index (χ3v) is 6.53. The highest BCUT2D eigenvalue weighted by Crippen LogP contribution is 2.32. The van der Waals surface area contributed by atoms with Gasteiger partial charge in [-0.05, 0) is 61.2 Å². The Morgan fingerprint density at radius 2 is 2.12 bits per heavy atom. The lowest BCUT2D eigenvalue weighted by Crippen LogP contribution is -2.28. The molecule has 0 bridgehead atoms. The molecule has 1 fully saturated rings. The third-order valence-electron chi connectivity index (χ3n) is 4.65. The highest BCUT2D eigenvalue weighted by atomic mass is 35.5. The van der Waals surface area contributed by atoms with Crippen LogP contribution in [0, 0.1) is 0 Å². The van der Waals surface area contributed by atoms with Crippen LogP contribution in [0.3, 0.4) is 0 Å². The SMILES string of the molecule is O=S(=O)(c1cccc(Cl)c1)n1cc(C2CCCNC2)c2cccnc21. The first kappa shape index (κ1) is 16.6. The van der Waals surface area contributed by atoms with E-state index in [9.17, 15) is 8.42 Å². The number of hydrogen-bond donors (Lipinski definition) is 1. The maximum absolute atomic E-state index is 13.1. The number of nitrogens with zero attached hydrogens (tertiary/aromatic N) is 2. The van der Waals surface area contributed by atoms with Gasteiger partial charge >= 0.3 is 0 Å². The molecule has 0 saturated carbocycles. The number of piperidine rings is 1. The Labute approximate surface area is 151 Å². The maximum Gasteiger partial charge on any atom is 0.269 e. The fourth-order valence-corrected chi connectivity index (χ4v) is 5.06.